The molecular formula is C16H12Cl2N2O. The first-order valence-corrected chi connectivity index (χ1v) is 7.20. The second kappa shape index (κ2) is 5.51. The van der Waals surface area contributed by atoms with E-state index in [-0.39, 0.29) is 12.2 Å². The van der Waals surface area contributed by atoms with E-state index in [2.05, 4.69) is 4.98 Å². The smallest absolute Gasteiger partial charge is 0.170 e. The largest absolute Gasteiger partial charge is 0.331 e. The van der Waals surface area contributed by atoms with Gasteiger partial charge in [0, 0.05) is 12.6 Å². The van der Waals surface area contributed by atoms with E-state index in [0.717, 1.165) is 16.9 Å². The number of carbonyl (C=O) groups excluding carboxylic acids is 1. The molecule has 0 saturated heterocycles. The number of nitrogens with zero attached hydrogens (tertiary/aromatic N) is 2. The van der Waals surface area contributed by atoms with Crippen LogP contribution in [0.15, 0.2) is 42.5 Å². The van der Waals surface area contributed by atoms with Crippen LogP contribution in [0, 0.1) is 0 Å². The molecule has 1 aromatic heterocycles. The Hall–Kier alpha value is -1.84. The standard InChI is InChI=1S/C16H12Cl2N2O/c1-20-14-5-3-2-4-13(14)19-16(20)9-15(21)10-6-7-11(17)12(18)8-10/h2-8H,9H2,1H3. The van der Waals surface area contributed by atoms with Gasteiger partial charge >= 0.3 is 0 Å². The molecule has 0 bridgehead atoms. The lowest BCUT2D eigenvalue weighted by Gasteiger charge is -2.04. The molecule has 3 aromatic rings. The van der Waals surface area contributed by atoms with Crippen molar-refractivity contribution in [3.8, 4) is 0 Å². The number of aryl methyl sites for hydroxylation is 1. The predicted molar refractivity (Wildman–Crippen MR) is 85.2 cm³/mol. The molecule has 1 heterocycles. The molecule has 21 heavy (non-hydrogen) atoms. The Kier molecular flexibility index (Phi) is 3.70. The average Bonchev–Trinajstić information content (AvgIpc) is 2.79. The van der Waals surface area contributed by atoms with E-state index in [9.17, 15) is 4.79 Å². The molecule has 106 valence electrons. The van der Waals surface area contributed by atoms with Crippen LogP contribution in [0.1, 0.15) is 16.2 Å². The second-order valence-corrected chi connectivity index (χ2v) is 5.62. The topological polar surface area (TPSA) is 34.9 Å². The van der Waals surface area contributed by atoms with Crippen molar-refractivity contribution in [1.82, 2.24) is 9.55 Å². The average molecular weight is 319 g/mol. The van der Waals surface area contributed by atoms with Crippen molar-refractivity contribution < 1.29 is 4.79 Å². The Morgan fingerprint density at radius 3 is 2.62 bits per heavy atom. The van der Waals surface area contributed by atoms with Crippen molar-refractivity contribution in [2.45, 2.75) is 6.42 Å². The summed E-state index contributed by atoms with van der Waals surface area (Å²) in [4.78, 5) is 16.9. The van der Waals surface area contributed by atoms with Gasteiger partial charge < -0.3 is 4.57 Å². The fourth-order valence-corrected chi connectivity index (χ4v) is 2.57. The summed E-state index contributed by atoms with van der Waals surface area (Å²) in [5.41, 5.74) is 2.43. The summed E-state index contributed by atoms with van der Waals surface area (Å²) < 4.78 is 1.94. The van der Waals surface area contributed by atoms with Gasteiger partial charge in [0.05, 0.1) is 27.5 Å². The highest BCUT2D eigenvalue weighted by Crippen LogP contribution is 2.23. The van der Waals surface area contributed by atoms with Crippen LogP contribution in [0.25, 0.3) is 11.0 Å². The lowest BCUT2D eigenvalue weighted by molar-refractivity contribution is 0.0990. The Labute approximate surface area is 132 Å². The van der Waals surface area contributed by atoms with Crippen LogP contribution in [-0.4, -0.2) is 15.3 Å². The summed E-state index contributed by atoms with van der Waals surface area (Å²) in [5.74, 6) is 0.694. The van der Waals surface area contributed by atoms with Crippen molar-refractivity contribution in [2.75, 3.05) is 0 Å². The zero-order chi connectivity index (χ0) is 15.0. The number of fused-ring (bicyclic) bond motifs is 1. The predicted octanol–water partition coefficient (Wildman–Crippen LogP) is 4.31. The van der Waals surface area contributed by atoms with Gasteiger partial charge in [-0.05, 0) is 30.3 Å². The van der Waals surface area contributed by atoms with E-state index in [1.54, 1.807) is 18.2 Å². The number of ketones is 1. The lowest BCUT2D eigenvalue weighted by Crippen LogP contribution is -2.08. The highest BCUT2D eigenvalue weighted by atomic mass is 35.5. The summed E-state index contributed by atoms with van der Waals surface area (Å²) in [6, 6.07) is 12.7. The highest BCUT2D eigenvalue weighted by molar-refractivity contribution is 6.42. The molecule has 0 radical (unpaired) electrons. The van der Waals surface area contributed by atoms with Crippen LogP contribution < -0.4 is 0 Å². The van der Waals surface area contributed by atoms with Crippen LogP contribution in [0.3, 0.4) is 0 Å². The van der Waals surface area contributed by atoms with Crippen LogP contribution in [0.2, 0.25) is 10.0 Å². The molecule has 0 fully saturated rings. The summed E-state index contributed by atoms with van der Waals surface area (Å²) >= 11 is 11.8. The Bertz CT molecular complexity index is 839. The highest BCUT2D eigenvalue weighted by Gasteiger charge is 2.14. The fraction of sp³-hybridized carbons (Fsp3) is 0.125. The maximum atomic E-state index is 12.4. The maximum Gasteiger partial charge on any atom is 0.170 e. The van der Waals surface area contributed by atoms with E-state index in [1.165, 1.54) is 0 Å². The fourth-order valence-electron chi connectivity index (χ4n) is 2.27. The number of aromatic nitrogens is 2. The lowest BCUT2D eigenvalue weighted by atomic mass is 10.1. The minimum absolute atomic E-state index is 0.0352. The monoisotopic (exact) mass is 318 g/mol. The molecule has 3 rings (SSSR count). The summed E-state index contributed by atoms with van der Waals surface area (Å²) in [6.07, 6.45) is 0.225. The van der Waals surface area contributed by atoms with E-state index in [0.29, 0.717) is 15.6 Å². The van der Waals surface area contributed by atoms with Gasteiger partial charge in [-0.3, -0.25) is 4.79 Å². The minimum atomic E-state index is -0.0352. The number of hydrogen-bond donors (Lipinski definition) is 0. The Morgan fingerprint density at radius 2 is 1.90 bits per heavy atom. The molecule has 0 unspecified atom stereocenters. The first kappa shape index (κ1) is 14.1. The van der Waals surface area contributed by atoms with Crippen molar-refractivity contribution in [3.05, 3.63) is 63.9 Å². The van der Waals surface area contributed by atoms with Gasteiger partial charge in [0.2, 0.25) is 0 Å². The SMILES string of the molecule is Cn1c(CC(=O)c2ccc(Cl)c(Cl)c2)nc2ccccc21. The first-order valence-electron chi connectivity index (χ1n) is 6.45. The third-order valence-corrected chi connectivity index (χ3v) is 4.18. The Balaban J connectivity index is 1.92. The van der Waals surface area contributed by atoms with Gasteiger partial charge in [0.15, 0.2) is 5.78 Å². The van der Waals surface area contributed by atoms with E-state index >= 15 is 0 Å². The first-order chi connectivity index (χ1) is 10.1. The number of halogens is 2. The number of para-hydroxylation sites is 2. The van der Waals surface area contributed by atoms with Gasteiger partial charge in [-0.2, -0.15) is 0 Å². The molecule has 0 N–H and O–H groups in total. The Morgan fingerprint density at radius 1 is 1.14 bits per heavy atom. The van der Waals surface area contributed by atoms with Gasteiger partial charge in [0.1, 0.15) is 5.82 Å². The third kappa shape index (κ3) is 2.67. The molecule has 0 aliphatic rings. The number of imidazole rings is 1. The molecule has 0 amide bonds. The zero-order valence-corrected chi connectivity index (χ0v) is 12.8. The van der Waals surface area contributed by atoms with Gasteiger partial charge in [0.25, 0.3) is 0 Å². The molecule has 0 spiro atoms. The molecule has 0 aliphatic heterocycles. The maximum absolute atomic E-state index is 12.4. The molecule has 0 atom stereocenters. The van der Waals surface area contributed by atoms with Crippen LogP contribution in [0.5, 0.6) is 0 Å². The van der Waals surface area contributed by atoms with Crippen molar-refractivity contribution in [1.29, 1.82) is 0 Å². The summed E-state index contributed by atoms with van der Waals surface area (Å²) in [7, 11) is 1.91. The van der Waals surface area contributed by atoms with E-state index in [4.69, 9.17) is 23.2 Å². The van der Waals surface area contributed by atoms with Crippen LogP contribution in [-0.2, 0) is 13.5 Å². The van der Waals surface area contributed by atoms with E-state index < -0.39 is 0 Å². The van der Waals surface area contributed by atoms with Crippen molar-refractivity contribution in [2.24, 2.45) is 7.05 Å². The molecular weight excluding hydrogens is 307 g/mol. The molecule has 0 aliphatic carbocycles. The molecule has 0 saturated carbocycles. The van der Waals surface area contributed by atoms with Crippen LogP contribution in [0.4, 0.5) is 0 Å². The third-order valence-electron chi connectivity index (χ3n) is 3.44. The number of Topliss-reactive ketones (excluding diaryl/α,β-unsaturated/α-hetero) is 1. The number of benzene rings is 2. The second-order valence-electron chi connectivity index (χ2n) is 4.80. The number of rotatable bonds is 3. The zero-order valence-electron chi connectivity index (χ0n) is 11.3. The van der Waals surface area contributed by atoms with Crippen LogP contribution >= 0.6 is 23.2 Å². The van der Waals surface area contributed by atoms with Gasteiger partial charge in [-0.1, -0.05) is 35.3 Å². The van der Waals surface area contributed by atoms with Crippen molar-refractivity contribution >= 4 is 40.0 Å². The normalized spacial score (nSPS) is 11.0. The molecule has 3 nitrogen and oxygen atoms in total. The molecule has 5 heteroatoms. The van der Waals surface area contributed by atoms with Gasteiger partial charge in [-0.15, -0.1) is 0 Å². The summed E-state index contributed by atoms with van der Waals surface area (Å²) in [5, 5.41) is 0.823. The number of hydrogen-bond acceptors (Lipinski definition) is 2. The molecule has 2 aromatic carbocycles. The minimum Gasteiger partial charge on any atom is -0.331 e. The van der Waals surface area contributed by atoms with Gasteiger partial charge in [-0.25, -0.2) is 4.98 Å². The van der Waals surface area contributed by atoms with Crippen molar-refractivity contribution in [3.63, 3.8) is 0 Å². The number of carbonyl (C=O) groups is 1. The van der Waals surface area contributed by atoms with E-state index in [1.807, 2.05) is 35.9 Å². The summed E-state index contributed by atoms with van der Waals surface area (Å²) in [6.45, 7) is 0. The quantitative estimate of drug-likeness (QED) is 0.675.